The van der Waals surface area contributed by atoms with Crippen LogP contribution in [0.1, 0.15) is 51.5 Å². The Kier molecular flexibility index (Phi) is 7.29. The molecule has 1 saturated carbocycles. The molecule has 5 heteroatoms. The standard InChI is InChI=1S/C20H30N2O3/c1-3-18(14-15-8-6-5-7-9-15)22(4-2)20(25)21-17-12-10-16(11-13-17)19(23)24/h5-9,16-18H,3-4,10-14H2,1-2H3,(H,21,25)(H,23,24). The van der Waals surface area contributed by atoms with Crippen LogP contribution in [0, 0.1) is 5.92 Å². The van der Waals surface area contributed by atoms with Crippen molar-refractivity contribution < 1.29 is 14.7 Å². The Balaban J connectivity index is 1.92. The second kappa shape index (κ2) is 9.44. The molecule has 1 aliphatic rings. The number of amides is 2. The quantitative estimate of drug-likeness (QED) is 0.791. The first-order valence-corrected chi connectivity index (χ1v) is 9.39. The van der Waals surface area contributed by atoms with Gasteiger partial charge >= 0.3 is 12.0 Å². The van der Waals surface area contributed by atoms with Crippen LogP contribution in [0.3, 0.4) is 0 Å². The summed E-state index contributed by atoms with van der Waals surface area (Å²) < 4.78 is 0. The van der Waals surface area contributed by atoms with Crippen LogP contribution < -0.4 is 5.32 Å². The lowest BCUT2D eigenvalue weighted by Gasteiger charge is -2.34. The number of hydrogen-bond acceptors (Lipinski definition) is 2. The van der Waals surface area contributed by atoms with Crippen LogP contribution in [-0.2, 0) is 11.2 Å². The third-order valence-electron chi connectivity index (χ3n) is 5.23. The molecular formula is C20H30N2O3. The lowest BCUT2D eigenvalue weighted by molar-refractivity contribution is -0.142. The van der Waals surface area contributed by atoms with E-state index in [1.54, 1.807) is 0 Å². The second-order valence-corrected chi connectivity index (χ2v) is 6.87. The molecule has 5 nitrogen and oxygen atoms in total. The van der Waals surface area contributed by atoms with E-state index in [1.165, 1.54) is 5.56 Å². The van der Waals surface area contributed by atoms with Crippen molar-refractivity contribution in [3.63, 3.8) is 0 Å². The monoisotopic (exact) mass is 346 g/mol. The molecule has 0 aromatic heterocycles. The zero-order valence-electron chi connectivity index (χ0n) is 15.3. The molecule has 138 valence electrons. The minimum atomic E-state index is -0.714. The first-order chi connectivity index (χ1) is 12.0. The van der Waals surface area contributed by atoms with E-state index in [-0.39, 0.29) is 24.0 Å². The third kappa shape index (κ3) is 5.48. The fraction of sp³-hybridized carbons (Fsp3) is 0.600. The van der Waals surface area contributed by atoms with Gasteiger partial charge in [-0.3, -0.25) is 4.79 Å². The highest BCUT2D eigenvalue weighted by atomic mass is 16.4. The van der Waals surface area contributed by atoms with Crippen LogP contribution in [-0.4, -0.2) is 40.6 Å². The fourth-order valence-corrected chi connectivity index (χ4v) is 3.67. The average molecular weight is 346 g/mol. The van der Waals surface area contributed by atoms with E-state index in [2.05, 4.69) is 24.4 Å². The topological polar surface area (TPSA) is 69.6 Å². The number of carboxylic acid groups (broad SMARTS) is 1. The number of likely N-dealkylation sites (N-methyl/N-ethyl adjacent to an activating group) is 1. The molecule has 2 N–H and O–H groups in total. The van der Waals surface area contributed by atoms with Gasteiger partial charge in [0.2, 0.25) is 0 Å². The van der Waals surface area contributed by atoms with E-state index < -0.39 is 5.97 Å². The molecule has 1 unspecified atom stereocenters. The Hall–Kier alpha value is -2.04. The van der Waals surface area contributed by atoms with Gasteiger partial charge in [0.1, 0.15) is 0 Å². The molecule has 2 rings (SSSR count). The zero-order valence-corrected chi connectivity index (χ0v) is 15.3. The summed E-state index contributed by atoms with van der Waals surface area (Å²) >= 11 is 0. The molecule has 1 aromatic rings. The summed E-state index contributed by atoms with van der Waals surface area (Å²) in [4.78, 5) is 25.7. The molecule has 0 bridgehead atoms. The molecule has 1 atom stereocenters. The Morgan fingerprint density at radius 1 is 1.16 bits per heavy atom. The number of aliphatic carboxylic acids is 1. The number of urea groups is 1. The average Bonchev–Trinajstić information content (AvgIpc) is 2.62. The second-order valence-electron chi connectivity index (χ2n) is 6.87. The maximum absolute atomic E-state index is 12.7. The number of benzene rings is 1. The molecule has 1 aliphatic carbocycles. The summed E-state index contributed by atoms with van der Waals surface area (Å²) in [7, 11) is 0. The van der Waals surface area contributed by atoms with Gasteiger partial charge < -0.3 is 15.3 Å². The van der Waals surface area contributed by atoms with E-state index in [0.717, 1.165) is 25.7 Å². The van der Waals surface area contributed by atoms with Gasteiger partial charge in [-0.15, -0.1) is 0 Å². The van der Waals surface area contributed by atoms with E-state index in [9.17, 15) is 9.59 Å². The van der Waals surface area contributed by atoms with Gasteiger partial charge in [0.15, 0.2) is 0 Å². The summed E-state index contributed by atoms with van der Waals surface area (Å²) in [6, 6.07) is 10.5. The SMILES string of the molecule is CCC(Cc1ccccc1)N(CC)C(=O)NC1CCC(C(=O)O)CC1. The van der Waals surface area contributed by atoms with Gasteiger partial charge in [-0.2, -0.15) is 0 Å². The maximum atomic E-state index is 12.7. The van der Waals surface area contributed by atoms with Gasteiger partial charge in [0.25, 0.3) is 0 Å². The predicted molar refractivity (Wildman–Crippen MR) is 98.5 cm³/mol. The van der Waals surface area contributed by atoms with Gasteiger partial charge in [-0.25, -0.2) is 4.79 Å². The Labute approximate surface area is 150 Å². The molecule has 0 heterocycles. The number of carboxylic acids is 1. The third-order valence-corrected chi connectivity index (χ3v) is 5.23. The molecule has 0 aliphatic heterocycles. The van der Waals surface area contributed by atoms with E-state index in [4.69, 9.17) is 5.11 Å². The highest BCUT2D eigenvalue weighted by Gasteiger charge is 2.29. The van der Waals surface area contributed by atoms with Crippen molar-refractivity contribution in [2.45, 2.75) is 64.5 Å². The van der Waals surface area contributed by atoms with Gasteiger partial charge in [-0.1, -0.05) is 37.3 Å². The Bertz CT molecular complexity index is 553. The zero-order chi connectivity index (χ0) is 18.2. The van der Waals surface area contributed by atoms with E-state index in [0.29, 0.717) is 19.4 Å². The highest BCUT2D eigenvalue weighted by molar-refractivity contribution is 5.75. The highest BCUT2D eigenvalue weighted by Crippen LogP contribution is 2.24. The molecule has 0 spiro atoms. The van der Waals surface area contributed by atoms with Crippen molar-refractivity contribution in [2.75, 3.05) is 6.54 Å². The van der Waals surface area contributed by atoms with Gasteiger partial charge in [0, 0.05) is 18.6 Å². The minimum absolute atomic E-state index is 0.0240. The largest absolute Gasteiger partial charge is 0.481 e. The summed E-state index contributed by atoms with van der Waals surface area (Å²) in [6.45, 7) is 4.79. The summed E-state index contributed by atoms with van der Waals surface area (Å²) in [5, 5.41) is 12.2. The van der Waals surface area contributed by atoms with Crippen molar-refractivity contribution in [3.8, 4) is 0 Å². The number of hydrogen-bond donors (Lipinski definition) is 2. The van der Waals surface area contributed by atoms with Gasteiger partial charge in [-0.05, 0) is 51.0 Å². The number of nitrogens with one attached hydrogen (secondary N) is 1. The Morgan fingerprint density at radius 2 is 1.80 bits per heavy atom. The molecule has 25 heavy (non-hydrogen) atoms. The van der Waals surface area contributed by atoms with Gasteiger partial charge in [0.05, 0.1) is 5.92 Å². The number of carbonyl (C=O) groups excluding carboxylic acids is 1. The molecular weight excluding hydrogens is 316 g/mol. The van der Waals surface area contributed by atoms with Crippen LogP contribution in [0.2, 0.25) is 0 Å². The normalized spacial score (nSPS) is 21.4. The smallest absolute Gasteiger partial charge is 0.317 e. The predicted octanol–water partition coefficient (Wildman–Crippen LogP) is 3.68. The van der Waals surface area contributed by atoms with Crippen LogP contribution in [0.4, 0.5) is 4.79 Å². The van der Waals surface area contributed by atoms with Crippen LogP contribution in [0.15, 0.2) is 30.3 Å². The molecule has 1 fully saturated rings. The van der Waals surface area contributed by atoms with Crippen molar-refractivity contribution in [1.82, 2.24) is 10.2 Å². The first-order valence-electron chi connectivity index (χ1n) is 9.39. The van der Waals surface area contributed by atoms with E-state index >= 15 is 0 Å². The first kappa shape index (κ1) is 19.3. The molecule has 0 saturated heterocycles. The fourth-order valence-electron chi connectivity index (χ4n) is 3.67. The maximum Gasteiger partial charge on any atom is 0.317 e. The Morgan fingerprint density at radius 3 is 2.32 bits per heavy atom. The van der Waals surface area contributed by atoms with E-state index in [1.807, 2.05) is 30.0 Å². The van der Waals surface area contributed by atoms with Crippen molar-refractivity contribution in [1.29, 1.82) is 0 Å². The van der Waals surface area contributed by atoms with Crippen molar-refractivity contribution in [3.05, 3.63) is 35.9 Å². The van der Waals surface area contributed by atoms with Crippen LogP contribution >= 0.6 is 0 Å². The van der Waals surface area contributed by atoms with Crippen molar-refractivity contribution >= 4 is 12.0 Å². The van der Waals surface area contributed by atoms with Crippen LogP contribution in [0.5, 0.6) is 0 Å². The lowest BCUT2D eigenvalue weighted by Crippen LogP contribution is -2.50. The van der Waals surface area contributed by atoms with Crippen LogP contribution in [0.25, 0.3) is 0 Å². The molecule has 0 radical (unpaired) electrons. The number of rotatable bonds is 7. The number of nitrogens with zero attached hydrogens (tertiary/aromatic N) is 1. The van der Waals surface area contributed by atoms with Crippen molar-refractivity contribution in [2.24, 2.45) is 5.92 Å². The molecule has 1 aromatic carbocycles. The minimum Gasteiger partial charge on any atom is -0.481 e. The summed E-state index contributed by atoms with van der Waals surface area (Å²) in [6.07, 6.45) is 4.54. The number of carbonyl (C=O) groups is 2. The lowest BCUT2D eigenvalue weighted by atomic mass is 9.86. The summed E-state index contributed by atoms with van der Waals surface area (Å²) in [5.41, 5.74) is 1.24. The molecule has 2 amide bonds. The summed E-state index contributed by atoms with van der Waals surface area (Å²) in [5.74, 6) is -0.967.